The average molecular weight is 327 g/mol. The van der Waals surface area contributed by atoms with Crippen molar-refractivity contribution >= 4 is 16.9 Å². The number of carbonyl (C=O) groups is 1. The van der Waals surface area contributed by atoms with E-state index in [2.05, 4.69) is 18.7 Å². The van der Waals surface area contributed by atoms with Crippen LogP contribution in [0.3, 0.4) is 0 Å². The molecule has 23 heavy (non-hydrogen) atoms. The zero-order valence-electron chi connectivity index (χ0n) is 13.9. The fourth-order valence-electron chi connectivity index (χ4n) is 2.65. The van der Waals surface area contributed by atoms with Gasteiger partial charge in [-0.1, -0.05) is 86.3 Å². The zero-order chi connectivity index (χ0) is 16.5. The van der Waals surface area contributed by atoms with Crippen molar-refractivity contribution in [2.45, 2.75) is 19.8 Å². The molecule has 0 unspecified atom stereocenters. The topological polar surface area (TPSA) is 20.3 Å². The fraction of sp³-hybridized carbons (Fsp3) is 0.350. The van der Waals surface area contributed by atoms with Gasteiger partial charge in [-0.3, -0.25) is 4.79 Å². The highest BCUT2D eigenvalue weighted by Gasteiger charge is 2.22. The van der Waals surface area contributed by atoms with Crippen molar-refractivity contribution in [2.75, 3.05) is 25.4 Å². The summed E-state index contributed by atoms with van der Waals surface area (Å²) in [5, 5.41) is 0.231. The van der Waals surface area contributed by atoms with Crippen LogP contribution in [0.4, 0.5) is 0 Å². The van der Waals surface area contributed by atoms with E-state index in [4.69, 9.17) is 0 Å². The van der Waals surface area contributed by atoms with Gasteiger partial charge in [0.15, 0.2) is 0 Å². The van der Waals surface area contributed by atoms with E-state index in [1.807, 2.05) is 60.7 Å². The quantitative estimate of drug-likeness (QED) is 0.716. The molecule has 0 N–H and O–H groups in total. The second-order valence-corrected chi connectivity index (χ2v) is 6.55. The second kappa shape index (κ2) is 9.53. The number of nitrogens with zero attached hydrogens (tertiary/aromatic N) is 1. The van der Waals surface area contributed by atoms with Crippen LogP contribution in [-0.4, -0.2) is 35.4 Å². The molecule has 2 aromatic carbocycles. The van der Waals surface area contributed by atoms with Crippen LogP contribution >= 0.6 is 11.8 Å². The minimum atomic E-state index is -0.181. The van der Waals surface area contributed by atoms with Crippen LogP contribution in [0.2, 0.25) is 0 Å². The summed E-state index contributed by atoms with van der Waals surface area (Å²) in [6.45, 7) is 7.34. The zero-order valence-corrected chi connectivity index (χ0v) is 14.8. The standard InChI is InChI=1S/C20H25NOS/c1-3-21(4-2)15-16-23-20(22)19(17-11-7-5-8-12-17)18-13-9-6-10-14-18/h5-14,19H,3-4,15-16H2,1-2H3. The summed E-state index contributed by atoms with van der Waals surface area (Å²) in [7, 11) is 0. The molecule has 0 fully saturated rings. The molecule has 122 valence electrons. The Morgan fingerprint density at radius 3 is 1.83 bits per heavy atom. The van der Waals surface area contributed by atoms with Crippen molar-refractivity contribution < 1.29 is 4.79 Å². The van der Waals surface area contributed by atoms with Crippen LogP contribution in [0.1, 0.15) is 30.9 Å². The monoisotopic (exact) mass is 327 g/mol. The van der Waals surface area contributed by atoms with E-state index in [0.29, 0.717) is 0 Å². The maximum atomic E-state index is 12.8. The van der Waals surface area contributed by atoms with E-state index in [1.54, 1.807) is 0 Å². The predicted octanol–water partition coefficient (Wildman–Crippen LogP) is 4.42. The Morgan fingerprint density at radius 2 is 1.39 bits per heavy atom. The van der Waals surface area contributed by atoms with Gasteiger partial charge in [-0.05, 0) is 24.2 Å². The first-order valence-corrected chi connectivity index (χ1v) is 9.23. The van der Waals surface area contributed by atoms with Crippen LogP contribution < -0.4 is 0 Å². The van der Waals surface area contributed by atoms with E-state index in [9.17, 15) is 4.79 Å². The molecule has 0 heterocycles. The van der Waals surface area contributed by atoms with Crippen molar-refractivity contribution in [3.8, 4) is 0 Å². The highest BCUT2D eigenvalue weighted by Crippen LogP contribution is 2.29. The number of hydrogen-bond acceptors (Lipinski definition) is 3. The Hall–Kier alpha value is -1.58. The summed E-state index contributed by atoms with van der Waals surface area (Å²) < 4.78 is 0. The van der Waals surface area contributed by atoms with E-state index < -0.39 is 0 Å². The van der Waals surface area contributed by atoms with Gasteiger partial charge in [0.1, 0.15) is 0 Å². The lowest BCUT2D eigenvalue weighted by Crippen LogP contribution is -2.26. The maximum absolute atomic E-state index is 12.8. The van der Waals surface area contributed by atoms with Gasteiger partial charge in [-0.25, -0.2) is 0 Å². The normalized spacial score (nSPS) is 11.1. The Morgan fingerprint density at radius 1 is 0.913 bits per heavy atom. The van der Waals surface area contributed by atoms with Crippen LogP contribution in [0, 0.1) is 0 Å². The van der Waals surface area contributed by atoms with E-state index >= 15 is 0 Å². The maximum Gasteiger partial charge on any atom is 0.200 e. The van der Waals surface area contributed by atoms with Crippen molar-refractivity contribution in [3.63, 3.8) is 0 Å². The Bertz CT molecular complexity index is 542. The molecule has 0 aliphatic rings. The molecular weight excluding hydrogens is 302 g/mol. The van der Waals surface area contributed by atoms with Crippen molar-refractivity contribution in [1.29, 1.82) is 0 Å². The molecule has 2 nitrogen and oxygen atoms in total. The highest BCUT2D eigenvalue weighted by atomic mass is 32.2. The van der Waals surface area contributed by atoms with Crippen LogP contribution in [-0.2, 0) is 4.79 Å². The first kappa shape index (κ1) is 17.8. The second-order valence-electron chi connectivity index (χ2n) is 5.45. The van der Waals surface area contributed by atoms with Gasteiger partial charge >= 0.3 is 0 Å². The summed E-state index contributed by atoms with van der Waals surface area (Å²) in [4.78, 5) is 15.2. The third-order valence-corrected chi connectivity index (χ3v) is 4.95. The minimum absolute atomic E-state index is 0.181. The van der Waals surface area contributed by atoms with Crippen LogP contribution in [0.5, 0.6) is 0 Å². The number of thioether (sulfide) groups is 1. The number of benzene rings is 2. The summed E-state index contributed by atoms with van der Waals surface area (Å²) in [5.41, 5.74) is 2.14. The van der Waals surface area contributed by atoms with Gasteiger partial charge < -0.3 is 4.90 Å². The lowest BCUT2D eigenvalue weighted by atomic mass is 9.92. The largest absolute Gasteiger partial charge is 0.303 e. The minimum Gasteiger partial charge on any atom is -0.303 e. The molecule has 3 heteroatoms. The van der Waals surface area contributed by atoms with Crippen LogP contribution in [0.25, 0.3) is 0 Å². The molecule has 0 spiro atoms. The summed E-state index contributed by atoms with van der Waals surface area (Å²) in [6, 6.07) is 20.1. The van der Waals surface area contributed by atoms with Gasteiger partial charge in [0.05, 0.1) is 5.92 Å². The molecule has 0 bridgehead atoms. The SMILES string of the molecule is CCN(CC)CCSC(=O)C(c1ccccc1)c1ccccc1. The molecule has 0 aromatic heterocycles. The molecular formula is C20H25NOS. The molecule has 0 radical (unpaired) electrons. The van der Waals surface area contributed by atoms with Crippen molar-refractivity contribution in [2.24, 2.45) is 0 Å². The smallest absolute Gasteiger partial charge is 0.200 e. The molecule has 0 aliphatic carbocycles. The molecule has 2 aromatic rings. The van der Waals surface area contributed by atoms with Gasteiger partial charge in [-0.2, -0.15) is 0 Å². The number of hydrogen-bond donors (Lipinski definition) is 0. The predicted molar refractivity (Wildman–Crippen MR) is 100.0 cm³/mol. The van der Waals surface area contributed by atoms with Gasteiger partial charge in [-0.15, -0.1) is 0 Å². The lowest BCUT2D eigenvalue weighted by Gasteiger charge is -2.19. The Labute approximate surface area is 143 Å². The van der Waals surface area contributed by atoms with E-state index in [-0.39, 0.29) is 11.0 Å². The molecule has 2 rings (SSSR count). The number of rotatable bonds is 8. The molecule has 0 saturated carbocycles. The van der Waals surface area contributed by atoms with E-state index in [1.165, 1.54) is 11.8 Å². The third-order valence-electron chi connectivity index (χ3n) is 4.05. The van der Waals surface area contributed by atoms with Gasteiger partial charge in [0.25, 0.3) is 0 Å². The average Bonchev–Trinajstić information content (AvgIpc) is 2.61. The summed E-state index contributed by atoms with van der Waals surface area (Å²) in [5.74, 6) is 0.663. The van der Waals surface area contributed by atoms with Gasteiger partial charge in [0.2, 0.25) is 5.12 Å². The molecule has 0 atom stereocenters. The van der Waals surface area contributed by atoms with E-state index in [0.717, 1.165) is 36.5 Å². The molecule has 0 aliphatic heterocycles. The van der Waals surface area contributed by atoms with Crippen LogP contribution in [0.15, 0.2) is 60.7 Å². The van der Waals surface area contributed by atoms with Gasteiger partial charge in [0, 0.05) is 12.3 Å². The first-order chi connectivity index (χ1) is 11.3. The summed E-state index contributed by atoms with van der Waals surface area (Å²) >= 11 is 1.45. The molecule has 0 saturated heterocycles. The Kier molecular flexibility index (Phi) is 7.37. The van der Waals surface area contributed by atoms with Crippen molar-refractivity contribution in [3.05, 3.63) is 71.8 Å². The first-order valence-electron chi connectivity index (χ1n) is 8.25. The summed E-state index contributed by atoms with van der Waals surface area (Å²) in [6.07, 6.45) is 0. The number of carbonyl (C=O) groups excluding carboxylic acids is 1. The fourth-order valence-corrected chi connectivity index (χ4v) is 3.64. The Balaban J connectivity index is 2.10. The third kappa shape index (κ3) is 5.22. The lowest BCUT2D eigenvalue weighted by molar-refractivity contribution is -0.111. The highest BCUT2D eigenvalue weighted by molar-refractivity contribution is 8.13. The molecule has 0 amide bonds. The van der Waals surface area contributed by atoms with Crippen molar-refractivity contribution in [1.82, 2.24) is 4.90 Å².